The first-order chi connectivity index (χ1) is 8.22. The molecule has 0 atom stereocenters. The van der Waals surface area contributed by atoms with Gasteiger partial charge in [0.05, 0.1) is 10.6 Å². The molecule has 0 saturated heterocycles. The first-order valence-corrected chi connectivity index (χ1v) is 6.82. The molecule has 0 saturated carbocycles. The first kappa shape index (κ1) is 12.5. The number of hydrogen-bond acceptors (Lipinski definition) is 2. The largest absolute Gasteiger partial charge is 0.192 e. The summed E-state index contributed by atoms with van der Waals surface area (Å²) in [5.74, 6) is 0. The number of hydrogen-bond donors (Lipinski definition) is 0. The average Bonchev–Trinajstić information content (AvgIpc) is 2.32. The molecule has 0 N–H and O–H groups in total. The van der Waals surface area contributed by atoms with Crippen LogP contribution in [0, 0.1) is 11.3 Å². The molecule has 0 radical (unpaired) electrons. The molecule has 0 bridgehead atoms. The molecule has 2 aromatic carbocycles. The third kappa shape index (κ3) is 2.84. The Balaban J connectivity index is 2.41. The Hall–Kier alpha value is -0.950. The number of nitrogens with zero attached hydrogens (tertiary/aromatic N) is 1. The third-order valence-electron chi connectivity index (χ3n) is 2.14. The van der Waals surface area contributed by atoms with E-state index in [0.29, 0.717) is 10.6 Å². The molecule has 0 aliphatic heterocycles. The van der Waals surface area contributed by atoms with Crippen LogP contribution in [0.4, 0.5) is 0 Å². The molecule has 1 nitrogen and oxygen atoms in total. The zero-order valence-electron chi connectivity index (χ0n) is 8.65. The second-order valence-corrected chi connectivity index (χ2v) is 5.60. The van der Waals surface area contributed by atoms with Gasteiger partial charge in [-0.3, -0.25) is 0 Å². The van der Waals surface area contributed by atoms with Crippen molar-refractivity contribution in [2.75, 3.05) is 0 Å². The van der Waals surface area contributed by atoms with Crippen molar-refractivity contribution >= 4 is 39.3 Å². The van der Waals surface area contributed by atoms with E-state index in [4.69, 9.17) is 16.9 Å². The third-order valence-corrected chi connectivity index (χ3v) is 4.55. The summed E-state index contributed by atoms with van der Waals surface area (Å²) in [4.78, 5) is 1.93. The summed E-state index contributed by atoms with van der Waals surface area (Å²) in [6.07, 6.45) is 0. The quantitative estimate of drug-likeness (QED) is 0.765. The molecule has 0 unspecified atom stereocenters. The van der Waals surface area contributed by atoms with Crippen molar-refractivity contribution in [3.8, 4) is 6.07 Å². The van der Waals surface area contributed by atoms with Crippen LogP contribution in [0.2, 0.25) is 5.02 Å². The lowest BCUT2D eigenvalue weighted by Crippen LogP contribution is -1.83. The Morgan fingerprint density at radius 1 is 1.06 bits per heavy atom. The lowest BCUT2D eigenvalue weighted by atomic mass is 10.2. The van der Waals surface area contributed by atoms with Crippen LogP contribution in [-0.4, -0.2) is 0 Å². The van der Waals surface area contributed by atoms with Gasteiger partial charge in [0.15, 0.2) is 0 Å². The molecule has 0 aromatic heterocycles. The van der Waals surface area contributed by atoms with Crippen molar-refractivity contribution in [2.45, 2.75) is 9.79 Å². The molecular weight excluding hydrogens is 318 g/mol. The zero-order chi connectivity index (χ0) is 12.3. The minimum Gasteiger partial charge on any atom is -0.192 e. The molecule has 0 fully saturated rings. The van der Waals surface area contributed by atoms with E-state index in [2.05, 4.69) is 22.0 Å². The fraction of sp³-hybridized carbons (Fsp3) is 0. The fourth-order valence-electron chi connectivity index (χ4n) is 1.34. The van der Waals surface area contributed by atoms with Crippen LogP contribution in [0.5, 0.6) is 0 Å². The summed E-state index contributed by atoms with van der Waals surface area (Å²) in [6, 6.07) is 15.5. The van der Waals surface area contributed by atoms with Crippen LogP contribution >= 0.6 is 39.3 Å². The Kier molecular flexibility index (Phi) is 4.11. The maximum absolute atomic E-state index is 9.09. The molecule has 84 valence electrons. The van der Waals surface area contributed by atoms with Gasteiger partial charge in [0.2, 0.25) is 0 Å². The predicted molar refractivity (Wildman–Crippen MR) is 74.4 cm³/mol. The van der Waals surface area contributed by atoms with Gasteiger partial charge < -0.3 is 0 Å². The van der Waals surface area contributed by atoms with Gasteiger partial charge in [-0.2, -0.15) is 5.26 Å². The molecule has 17 heavy (non-hydrogen) atoms. The highest BCUT2D eigenvalue weighted by Crippen LogP contribution is 2.36. The number of nitriles is 1. The van der Waals surface area contributed by atoms with Gasteiger partial charge in [-0.25, -0.2) is 0 Å². The summed E-state index contributed by atoms with van der Waals surface area (Å²) in [7, 11) is 0. The van der Waals surface area contributed by atoms with Crippen LogP contribution in [0.25, 0.3) is 0 Å². The van der Waals surface area contributed by atoms with E-state index in [-0.39, 0.29) is 0 Å². The van der Waals surface area contributed by atoms with Crippen molar-refractivity contribution in [2.24, 2.45) is 0 Å². The van der Waals surface area contributed by atoms with Crippen LogP contribution in [0.1, 0.15) is 5.56 Å². The molecular formula is C13H7BrClNS. The minimum atomic E-state index is 0.490. The second-order valence-electron chi connectivity index (χ2n) is 3.26. The van der Waals surface area contributed by atoms with E-state index in [9.17, 15) is 0 Å². The van der Waals surface area contributed by atoms with Crippen molar-refractivity contribution in [3.63, 3.8) is 0 Å². The average molecular weight is 325 g/mol. The summed E-state index contributed by atoms with van der Waals surface area (Å²) >= 11 is 11.0. The van der Waals surface area contributed by atoms with Gasteiger partial charge in [0, 0.05) is 14.3 Å². The van der Waals surface area contributed by atoms with Crippen LogP contribution in [0.3, 0.4) is 0 Å². The molecule has 0 amide bonds. The van der Waals surface area contributed by atoms with Gasteiger partial charge in [-0.1, -0.05) is 41.6 Å². The summed E-state index contributed by atoms with van der Waals surface area (Å²) in [6.45, 7) is 0. The molecule has 0 spiro atoms. The number of halogens is 2. The number of rotatable bonds is 2. The lowest BCUT2D eigenvalue weighted by molar-refractivity contribution is 1.34. The van der Waals surface area contributed by atoms with E-state index in [1.54, 1.807) is 6.07 Å². The monoisotopic (exact) mass is 323 g/mol. The van der Waals surface area contributed by atoms with Crippen LogP contribution < -0.4 is 0 Å². The van der Waals surface area contributed by atoms with E-state index >= 15 is 0 Å². The molecule has 0 aliphatic carbocycles. The summed E-state index contributed by atoms with van der Waals surface area (Å²) in [5.41, 5.74) is 0.523. The normalized spacial score (nSPS) is 9.94. The molecule has 2 rings (SSSR count). The lowest BCUT2D eigenvalue weighted by Gasteiger charge is -2.06. The van der Waals surface area contributed by atoms with E-state index in [1.165, 1.54) is 11.8 Å². The molecule has 2 aromatic rings. The Bertz CT molecular complexity index is 592. The summed E-state index contributed by atoms with van der Waals surface area (Å²) in [5, 5.41) is 9.58. The zero-order valence-corrected chi connectivity index (χ0v) is 11.8. The molecule has 0 aliphatic rings. The van der Waals surface area contributed by atoms with Crippen molar-refractivity contribution in [1.29, 1.82) is 5.26 Å². The van der Waals surface area contributed by atoms with Gasteiger partial charge >= 0.3 is 0 Å². The minimum absolute atomic E-state index is 0.490. The highest BCUT2D eigenvalue weighted by molar-refractivity contribution is 9.10. The Labute approximate surface area is 118 Å². The smallest absolute Gasteiger partial charge is 0.102 e. The standard InChI is InChI=1S/C13H7BrClNS/c14-10-4-1-2-6-13(10)17-12-7-3-5-11(15)9(12)8-16/h1-7H. The van der Waals surface area contributed by atoms with Crippen LogP contribution in [0.15, 0.2) is 56.7 Å². The van der Waals surface area contributed by atoms with Gasteiger partial charge in [-0.05, 0) is 40.2 Å². The SMILES string of the molecule is N#Cc1c(Cl)cccc1Sc1ccccc1Br. The Morgan fingerprint density at radius 2 is 1.76 bits per heavy atom. The maximum Gasteiger partial charge on any atom is 0.102 e. The van der Waals surface area contributed by atoms with E-state index < -0.39 is 0 Å². The van der Waals surface area contributed by atoms with Crippen LogP contribution in [-0.2, 0) is 0 Å². The van der Waals surface area contributed by atoms with Gasteiger partial charge in [-0.15, -0.1) is 0 Å². The van der Waals surface area contributed by atoms with Gasteiger partial charge in [0.25, 0.3) is 0 Å². The second kappa shape index (κ2) is 5.59. The predicted octanol–water partition coefficient (Wildman–Crippen LogP) is 5.13. The number of benzene rings is 2. The summed E-state index contributed by atoms with van der Waals surface area (Å²) < 4.78 is 1.01. The van der Waals surface area contributed by atoms with Crippen molar-refractivity contribution in [1.82, 2.24) is 0 Å². The van der Waals surface area contributed by atoms with Crippen molar-refractivity contribution in [3.05, 3.63) is 57.5 Å². The molecule has 4 heteroatoms. The highest BCUT2D eigenvalue weighted by atomic mass is 79.9. The van der Waals surface area contributed by atoms with Gasteiger partial charge in [0.1, 0.15) is 6.07 Å². The topological polar surface area (TPSA) is 23.8 Å². The fourth-order valence-corrected chi connectivity index (χ4v) is 3.10. The maximum atomic E-state index is 9.09. The highest BCUT2D eigenvalue weighted by Gasteiger charge is 2.09. The van der Waals surface area contributed by atoms with E-state index in [1.807, 2.05) is 36.4 Å². The molecule has 0 heterocycles. The van der Waals surface area contributed by atoms with Crippen molar-refractivity contribution < 1.29 is 0 Å². The van der Waals surface area contributed by atoms with E-state index in [0.717, 1.165) is 14.3 Å². The Morgan fingerprint density at radius 3 is 2.47 bits per heavy atom. The first-order valence-electron chi connectivity index (χ1n) is 4.83.